The minimum Gasteiger partial charge on any atom is -0.287 e. The first-order valence-electron chi connectivity index (χ1n) is 6.72. The molecule has 0 spiro atoms. The molecule has 0 N–H and O–H groups in total. The summed E-state index contributed by atoms with van der Waals surface area (Å²) < 4.78 is 1.74. The monoisotopic (exact) mass is 317 g/mol. The van der Waals surface area contributed by atoms with Gasteiger partial charge in [-0.2, -0.15) is 0 Å². The third-order valence-corrected chi connectivity index (χ3v) is 5.28. The standard InChI is InChI=1S/C15H15N3OS2/c1-3-18-14(19)12-6-4-5-7-13(12)17-15(18)20-9-11-8-16-10(2)21-11/h4-8H,3,9H2,1-2H3. The zero-order valence-corrected chi connectivity index (χ0v) is 13.5. The first-order valence-corrected chi connectivity index (χ1v) is 8.53. The van der Waals surface area contributed by atoms with Crippen molar-refractivity contribution in [2.24, 2.45) is 0 Å². The lowest BCUT2D eigenvalue weighted by atomic mass is 10.2. The molecule has 0 aliphatic heterocycles. The highest BCUT2D eigenvalue weighted by Crippen LogP contribution is 2.24. The van der Waals surface area contributed by atoms with Crippen molar-refractivity contribution in [3.8, 4) is 0 Å². The highest BCUT2D eigenvalue weighted by Gasteiger charge is 2.10. The van der Waals surface area contributed by atoms with E-state index in [0.29, 0.717) is 11.9 Å². The fourth-order valence-electron chi connectivity index (χ4n) is 2.14. The molecule has 0 radical (unpaired) electrons. The van der Waals surface area contributed by atoms with Crippen LogP contribution in [-0.4, -0.2) is 14.5 Å². The van der Waals surface area contributed by atoms with Crippen LogP contribution in [0.5, 0.6) is 0 Å². The molecule has 0 saturated carbocycles. The van der Waals surface area contributed by atoms with E-state index in [1.165, 1.54) is 4.88 Å². The molecule has 0 bridgehead atoms. The smallest absolute Gasteiger partial charge is 0.262 e. The number of para-hydroxylation sites is 1. The van der Waals surface area contributed by atoms with Crippen LogP contribution in [0.25, 0.3) is 10.9 Å². The summed E-state index contributed by atoms with van der Waals surface area (Å²) >= 11 is 3.27. The van der Waals surface area contributed by atoms with Gasteiger partial charge in [0.05, 0.1) is 15.9 Å². The predicted molar refractivity (Wildman–Crippen MR) is 88.1 cm³/mol. The maximum atomic E-state index is 12.5. The minimum absolute atomic E-state index is 0.0334. The molecular weight excluding hydrogens is 302 g/mol. The van der Waals surface area contributed by atoms with Crippen LogP contribution in [0.15, 0.2) is 40.4 Å². The largest absolute Gasteiger partial charge is 0.287 e. The van der Waals surface area contributed by atoms with Crippen molar-refractivity contribution < 1.29 is 0 Å². The van der Waals surface area contributed by atoms with E-state index >= 15 is 0 Å². The Bertz CT molecular complexity index is 838. The van der Waals surface area contributed by atoms with Gasteiger partial charge in [0.1, 0.15) is 0 Å². The van der Waals surface area contributed by atoms with Crippen LogP contribution in [0.2, 0.25) is 0 Å². The number of benzene rings is 1. The lowest BCUT2D eigenvalue weighted by Crippen LogP contribution is -2.22. The predicted octanol–water partition coefficient (Wildman–Crippen LogP) is 3.47. The molecule has 6 heteroatoms. The first-order chi connectivity index (χ1) is 10.2. The minimum atomic E-state index is 0.0334. The van der Waals surface area contributed by atoms with Gasteiger partial charge in [0, 0.05) is 23.4 Å². The Hall–Kier alpha value is -1.66. The van der Waals surface area contributed by atoms with E-state index in [4.69, 9.17) is 0 Å². The lowest BCUT2D eigenvalue weighted by molar-refractivity contribution is 0.634. The maximum Gasteiger partial charge on any atom is 0.262 e. The van der Waals surface area contributed by atoms with E-state index in [1.54, 1.807) is 27.7 Å². The number of aryl methyl sites for hydroxylation is 1. The normalized spacial score (nSPS) is 11.1. The first kappa shape index (κ1) is 14.3. The summed E-state index contributed by atoms with van der Waals surface area (Å²) in [4.78, 5) is 22.6. The van der Waals surface area contributed by atoms with Gasteiger partial charge in [0.15, 0.2) is 5.16 Å². The van der Waals surface area contributed by atoms with Crippen LogP contribution in [0.4, 0.5) is 0 Å². The van der Waals surface area contributed by atoms with Gasteiger partial charge in [-0.25, -0.2) is 9.97 Å². The molecule has 108 valence electrons. The SMILES string of the molecule is CCn1c(SCc2cnc(C)s2)nc2ccccc2c1=O. The summed E-state index contributed by atoms with van der Waals surface area (Å²) in [7, 11) is 0. The quantitative estimate of drug-likeness (QED) is 0.546. The number of hydrogen-bond donors (Lipinski definition) is 0. The second kappa shape index (κ2) is 5.99. The summed E-state index contributed by atoms with van der Waals surface area (Å²) in [5, 5.41) is 2.51. The third kappa shape index (κ3) is 2.87. The average Bonchev–Trinajstić information content (AvgIpc) is 2.91. The lowest BCUT2D eigenvalue weighted by Gasteiger charge is -2.10. The highest BCUT2D eigenvalue weighted by atomic mass is 32.2. The Kier molecular flexibility index (Phi) is 4.07. The number of aromatic nitrogens is 3. The van der Waals surface area contributed by atoms with E-state index in [-0.39, 0.29) is 5.56 Å². The van der Waals surface area contributed by atoms with Gasteiger partial charge in [0.2, 0.25) is 0 Å². The van der Waals surface area contributed by atoms with Crippen molar-refractivity contribution in [1.82, 2.24) is 14.5 Å². The van der Waals surface area contributed by atoms with Crippen molar-refractivity contribution in [3.05, 3.63) is 50.7 Å². The van der Waals surface area contributed by atoms with Crippen LogP contribution in [-0.2, 0) is 12.3 Å². The van der Waals surface area contributed by atoms with E-state index in [9.17, 15) is 4.79 Å². The van der Waals surface area contributed by atoms with E-state index in [1.807, 2.05) is 44.3 Å². The molecule has 0 atom stereocenters. The Morgan fingerprint density at radius 1 is 1.33 bits per heavy atom. The van der Waals surface area contributed by atoms with Gasteiger partial charge >= 0.3 is 0 Å². The maximum absolute atomic E-state index is 12.5. The zero-order valence-electron chi connectivity index (χ0n) is 11.9. The van der Waals surface area contributed by atoms with Gasteiger partial charge in [-0.1, -0.05) is 23.9 Å². The van der Waals surface area contributed by atoms with Crippen molar-refractivity contribution in [3.63, 3.8) is 0 Å². The zero-order chi connectivity index (χ0) is 14.8. The van der Waals surface area contributed by atoms with Gasteiger partial charge in [0.25, 0.3) is 5.56 Å². The molecule has 3 rings (SSSR count). The molecule has 0 aliphatic carbocycles. The fraction of sp³-hybridized carbons (Fsp3) is 0.267. The number of thioether (sulfide) groups is 1. The third-order valence-electron chi connectivity index (χ3n) is 3.16. The Morgan fingerprint density at radius 3 is 2.86 bits per heavy atom. The van der Waals surface area contributed by atoms with Crippen molar-refractivity contribution in [1.29, 1.82) is 0 Å². The molecular formula is C15H15N3OS2. The number of nitrogens with zero attached hydrogens (tertiary/aromatic N) is 3. The second-order valence-corrected chi connectivity index (χ2v) is 6.86. The van der Waals surface area contributed by atoms with Crippen molar-refractivity contribution >= 4 is 34.0 Å². The molecule has 4 nitrogen and oxygen atoms in total. The fourth-order valence-corrected chi connectivity index (χ4v) is 4.02. The van der Waals surface area contributed by atoms with E-state index < -0.39 is 0 Å². The Morgan fingerprint density at radius 2 is 2.14 bits per heavy atom. The molecule has 0 aliphatic rings. The summed E-state index contributed by atoms with van der Waals surface area (Å²) in [6.45, 7) is 4.59. The highest BCUT2D eigenvalue weighted by molar-refractivity contribution is 7.98. The molecule has 0 amide bonds. The average molecular weight is 317 g/mol. The molecule has 0 unspecified atom stereocenters. The Balaban J connectivity index is 1.99. The van der Waals surface area contributed by atoms with Crippen molar-refractivity contribution in [2.45, 2.75) is 31.3 Å². The second-order valence-electron chi connectivity index (χ2n) is 4.60. The molecule has 3 aromatic rings. The van der Waals surface area contributed by atoms with E-state index in [2.05, 4.69) is 9.97 Å². The van der Waals surface area contributed by atoms with Crippen LogP contribution < -0.4 is 5.56 Å². The van der Waals surface area contributed by atoms with Crippen molar-refractivity contribution in [2.75, 3.05) is 0 Å². The van der Waals surface area contributed by atoms with Gasteiger partial charge in [-0.3, -0.25) is 9.36 Å². The number of fused-ring (bicyclic) bond motifs is 1. The number of rotatable bonds is 4. The van der Waals surface area contributed by atoms with Crippen LogP contribution >= 0.6 is 23.1 Å². The van der Waals surface area contributed by atoms with E-state index in [0.717, 1.165) is 21.4 Å². The summed E-state index contributed by atoms with van der Waals surface area (Å²) in [6.07, 6.45) is 1.89. The molecule has 2 heterocycles. The van der Waals surface area contributed by atoms with Crippen LogP contribution in [0.3, 0.4) is 0 Å². The van der Waals surface area contributed by atoms with Crippen LogP contribution in [0, 0.1) is 6.92 Å². The molecule has 21 heavy (non-hydrogen) atoms. The number of hydrogen-bond acceptors (Lipinski definition) is 5. The summed E-state index contributed by atoms with van der Waals surface area (Å²) in [6, 6.07) is 7.50. The summed E-state index contributed by atoms with van der Waals surface area (Å²) in [5.74, 6) is 0.788. The van der Waals surface area contributed by atoms with Gasteiger partial charge < -0.3 is 0 Å². The summed E-state index contributed by atoms with van der Waals surface area (Å²) in [5.41, 5.74) is 0.793. The van der Waals surface area contributed by atoms with Gasteiger partial charge in [-0.05, 0) is 26.0 Å². The molecule has 1 aromatic carbocycles. The topological polar surface area (TPSA) is 47.8 Å². The molecule has 0 saturated heterocycles. The van der Waals surface area contributed by atoms with Crippen LogP contribution in [0.1, 0.15) is 16.8 Å². The Labute approximate surface area is 130 Å². The molecule has 0 fully saturated rings. The van der Waals surface area contributed by atoms with Gasteiger partial charge in [-0.15, -0.1) is 11.3 Å². The number of thiazole rings is 1. The molecule has 2 aromatic heterocycles.